The maximum absolute atomic E-state index is 14.0. The summed E-state index contributed by atoms with van der Waals surface area (Å²) in [4.78, 5) is 28.6. The van der Waals surface area contributed by atoms with Crippen molar-refractivity contribution in [3.63, 3.8) is 0 Å². The van der Waals surface area contributed by atoms with Crippen LogP contribution in [0.3, 0.4) is 0 Å². The monoisotopic (exact) mass is 607 g/mol. The lowest BCUT2D eigenvalue weighted by Gasteiger charge is -2.34. The van der Waals surface area contributed by atoms with Crippen LogP contribution < -0.4 is 9.62 Å². The zero-order valence-electron chi connectivity index (χ0n) is 22.5. The fraction of sp³-hybridized carbons (Fsp3) is 0.310. The van der Waals surface area contributed by atoms with Crippen molar-refractivity contribution in [3.05, 3.63) is 94.2 Å². The van der Waals surface area contributed by atoms with Crippen molar-refractivity contribution in [1.29, 1.82) is 0 Å². The van der Waals surface area contributed by atoms with Gasteiger partial charge in [0.25, 0.3) is 10.0 Å². The van der Waals surface area contributed by atoms with Crippen LogP contribution in [0.1, 0.15) is 39.2 Å². The molecule has 0 aliphatic rings. The molecule has 3 aromatic carbocycles. The first-order valence-corrected chi connectivity index (χ1v) is 15.0. The zero-order chi connectivity index (χ0) is 29.4. The molecule has 0 unspecified atom stereocenters. The van der Waals surface area contributed by atoms with Crippen molar-refractivity contribution in [1.82, 2.24) is 10.2 Å². The molecular weight excluding hydrogens is 576 g/mol. The predicted molar refractivity (Wildman–Crippen MR) is 156 cm³/mol. The lowest BCUT2D eigenvalue weighted by molar-refractivity contribution is -0.140. The zero-order valence-corrected chi connectivity index (χ0v) is 24.8. The molecule has 214 valence electrons. The molecule has 2 atom stereocenters. The van der Waals surface area contributed by atoms with Crippen molar-refractivity contribution >= 4 is 50.7 Å². The van der Waals surface area contributed by atoms with Gasteiger partial charge in [0.15, 0.2) is 0 Å². The molecule has 11 heteroatoms. The summed E-state index contributed by atoms with van der Waals surface area (Å²) in [6.07, 6.45) is 0.947. The number of nitrogens with one attached hydrogen (secondary N) is 1. The van der Waals surface area contributed by atoms with E-state index in [4.69, 9.17) is 23.2 Å². The number of nitrogens with zero attached hydrogens (tertiary/aromatic N) is 2. The normalized spacial score (nSPS) is 12.8. The number of halogens is 3. The number of benzene rings is 3. The number of carbonyl (C=O) groups is 2. The number of hydrogen-bond acceptors (Lipinski definition) is 4. The van der Waals surface area contributed by atoms with E-state index >= 15 is 0 Å². The number of anilines is 1. The molecule has 2 amide bonds. The Labute approximate surface area is 244 Å². The van der Waals surface area contributed by atoms with Gasteiger partial charge in [-0.05, 0) is 67.8 Å². The first-order chi connectivity index (χ1) is 19.0. The van der Waals surface area contributed by atoms with E-state index in [2.05, 4.69) is 5.32 Å². The van der Waals surface area contributed by atoms with Crippen LogP contribution in [-0.4, -0.2) is 43.8 Å². The van der Waals surface area contributed by atoms with Gasteiger partial charge >= 0.3 is 0 Å². The molecule has 0 radical (unpaired) electrons. The van der Waals surface area contributed by atoms with E-state index in [1.807, 2.05) is 13.8 Å². The van der Waals surface area contributed by atoms with Crippen LogP contribution in [-0.2, 0) is 26.2 Å². The van der Waals surface area contributed by atoms with Crippen molar-refractivity contribution in [3.8, 4) is 0 Å². The summed E-state index contributed by atoms with van der Waals surface area (Å²) in [6, 6.07) is 16.5. The number of carbonyl (C=O) groups excluding carboxylic acids is 2. The van der Waals surface area contributed by atoms with Gasteiger partial charge in [-0.15, -0.1) is 0 Å². The number of sulfonamides is 1. The standard InChI is InChI=1S/C29H32Cl2FN3O4S/c1-4-20(3)33-29(37)26(5-2)34(18-21-11-14-23(32)15-12-21)28(36)19-35(27-17-22(30)13-16-25(27)31)40(38,39)24-9-7-6-8-10-24/h6-17,20,26H,4-5,18-19H2,1-3H3,(H,33,37)/t20-,26+/m0/s1. The van der Waals surface area contributed by atoms with Crippen molar-refractivity contribution in [2.45, 2.75) is 57.1 Å². The highest BCUT2D eigenvalue weighted by Crippen LogP contribution is 2.33. The van der Waals surface area contributed by atoms with Crippen LogP contribution in [0, 0.1) is 5.82 Å². The van der Waals surface area contributed by atoms with Gasteiger partial charge in [-0.25, -0.2) is 12.8 Å². The Kier molecular flexibility index (Phi) is 11.0. The first kappa shape index (κ1) is 31.4. The summed E-state index contributed by atoms with van der Waals surface area (Å²) in [6.45, 7) is 4.83. The number of hydrogen-bond donors (Lipinski definition) is 1. The maximum atomic E-state index is 14.0. The number of amides is 2. The second-order valence-corrected chi connectivity index (χ2v) is 12.0. The fourth-order valence-electron chi connectivity index (χ4n) is 4.06. The first-order valence-electron chi connectivity index (χ1n) is 12.8. The minimum atomic E-state index is -4.28. The summed E-state index contributed by atoms with van der Waals surface area (Å²) in [5.41, 5.74) is 0.591. The highest BCUT2D eigenvalue weighted by molar-refractivity contribution is 7.92. The van der Waals surface area contributed by atoms with Gasteiger partial charge in [-0.3, -0.25) is 13.9 Å². The highest BCUT2D eigenvalue weighted by atomic mass is 35.5. The SMILES string of the molecule is CC[C@H](C(=O)N[C@@H](C)CC)N(Cc1ccc(F)cc1)C(=O)CN(c1cc(Cl)ccc1Cl)S(=O)(=O)c1ccccc1. The van der Waals surface area contributed by atoms with Gasteiger partial charge in [0, 0.05) is 17.6 Å². The molecule has 0 saturated heterocycles. The lowest BCUT2D eigenvalue weighted by atomic mass is 10.1. The summed E-state index contributed by atoms with van der Waals surface area (Å²) >= 11 is 12.6. The molecule has 0 aromatic heterocycles. The molecule has 40 heavy (non-hydrogen) atoms. The topological polar surface area (TPSA) is 86.8 Å². The Balaban J connectivity index is 2.08. The van der Waals surface area contributed by atoms with Gasteiger partial charge in [0.2, 0.25) is 11.8 Å². The van der Waals surface area contributed by atoms with Gasteiger partial charge < -0.3 is 10.2 Å². The Morgan fingerprint density at radius 2 is 1.60 bits per heavy atom. The van der Waals surface area contributed by atoms with E-state index in [0.29, 0.717) is 12.0 Å². The van der Waals surface area contributed by atoms with Crippen molar-refractivity contribution in [2.24, 2.45) is 0 Å². The smallest absolute Gasteiger partial charge is 0.264 e. The Hall–Kier alpha value is -3.14. The van der Waals surface area contributed by atoms with E-state index in [1.165, 1.54) is 59.5 Å². The Morgan fingerprint density at radius 1 is 0.950 bits per heavy atom. The molecule has 1 N–H and O–H groups in total. The Morgan fingerprint density at radius 3 is 2.20 bits per heavy atom. The van der Waals surface area contributed by atoms with E-state index in [9.17, 15) is 22.4 Å². The average Bonchev–Trinajstić information content (AvgIpc) is 2.94. The molecule has 0 heterocycles. The molecular formula is C29H32Cl2FN3O4S. The molecule has 7 nitrogen and oxygen atoms in total. The lowest BCUT2D eigenvalue weighted by Crippen LogP contribution is -2.53. The van der Waals surface area contributed by atoms with Crippen LogP contribution in [0.15, 0.2) is 77.7 Å². The molecule has 0 spiro atoms. The van der Waals surface area contributed by atoms with E-state index in [1.54, 1.807) is 25.1 Å². The quantitative estimate of drug-likeness (QED) is 0.271. The summed E-state index contributed by atoms with van der Waals surface area (Å²) in [7, 11) is -4.28. The molecule has 0 saturated carbocycles. The van der Waals surface area contributed by atoms with E-state index in [-0.39, 0.29) is 45.5 Å². The third-order valence-electron chi connectivity index (χ3n) is 6.44. The predicted octanol–water partition coefficient (Wildman–Crippen LogP) is 6.05. The van der Waals surface area contributed by atoms with Crippen molar-refractivity contribution in [2.75, 3.05) is 10.8 Å². The maximum Gasteiger partial charge on any atom is 0.264 e. The molecule has 0 aliphatic carbocycles. The van der Waals surface area contributed by atoms with Crippen LogP contribution in [0.25, 0.3) is 0 Å². The second kappa shape index (κ2) is 14.0. The minimum Gasteiger partial charge on any atom is -0.352 e. The molecule has 0 aliphatic heterocycles. The van der Waals surface area contributed by atoms with Gasteiger partial charge in [-0.2, -0.15) is 0 Å². The van der Waals surface area contributed by atoms with Gasteiger partial charge in [0.05, 0.1) is 15.6 Å². The summed E-state index contributed by atoms with van der Waals surface area (Å²) in [5.74, 6) is -1.46. The van der Waals surface area contributed by atoms with Crippen molar-refractivity contribution < 1.29 is 22.4 Å². The summed E-state index contributed by atoms with van der Waals surface area (Å²) < 4.78 is 42.2. The highest BCUT2D eigenvalue weighted by Gasteiger charge is 2.34. The van der Waals surface area contributed by atoms with Gasteiger partial charge in [-0.1, -0.05) is 67.4 Å². The van der Waals surface area contributed by atoms with Crippen LogP contribution >= 0.6 is 23.2 Å². The number of rotatable bonds is 12. The average molecular weight is 609 g/mol. The third kappa shape index (κ3) is 7.74. The molecule has 0 fully saturated rings. The molecule has 3 aromatic rings. The fourth-order valence-corrected chi connectivity index (χ4v) is 5.94. The molecule has 3 rings (SSSR count). The van der Waals surface area contributed by atoms with E-state index < -0.39 is 34.3 Å². The second-order valence-electron chi connectivity index (χ2n) is 9.31. The Bertz CT molecular complexity index is 1420. The third-order valence-corrected chi connectivity index (χ3v) is 8.77. The van der Waals surface area contributed by atoms with Crippen LogP contribution in [0.2, 0.25) is 10.0 Å². The van der Waals surface area contributed by atoms with Crippen LogP contribution in [0.5, 0.6) is 0 Å². The van der Waals surface area contributed by atoms with Crippen LogP contribution in [0.4, 0.5) is 10.1 Å². The van der Waals surface area contributed by atoms with E-state index in [0.717, 1.165) is 4.31 Å². The molecule has 0 bridgehead atoms. The largest absolute Gasteiger partial charge is 0.352 e. The van der Waals surface area contributed by atoms with Gasteiger partial charge in [0.1, 0.15) is 18.4 Å². The summed E-state index contributed by atoms with van der Waals surface area (Å²) in [5, 5.41) is 3.20. The minimum absolute atomic E-state index is 0.0187.